The maximum atomic E-state index is 11.9. The zero-order chi connectivity index (χ0) is 14.7. The number of anilines is 1. The zero-order valence-corrected chi connectivity index (χ0v) is 11.2. The Morgan fingerprint density at radius 3 is 2.30 bits per heavy atom. The molecule has 1 aliphatic heterocycles. The van der Waals surface area contributed by atoms with Gasteiger partial charge in [0.15, 0.2) is 11.5 Å². The van der Waals surface area contributed by atoms with Crippen molar-refractivity contribution in [1.29, 1.82) is 0 Å². The maximum absolute atomic E-state index is 11.9. The molecule has 0 aliphatic carbocycles. The van der Waals surface area contributed by atoms with Gasteiger partial charge in [-0.05, 0) is 0 Å². The minimum Gasteiger partial charge on any atom is -0.493 e. The summed E-state index contributed by atoms with van der Waals surface area (Å²) in [4.78, 5) is 23.2. The summed E-state index contributed by atoms with van der Waals surface area (Å²) in [5.74, 6) is -0.830. The van der Waals surface area contributed by atoms with Gasteiger partial charge in [0.1, 0.15) is 0 Å². The Morgan fingerprint density at radius 2 is 1.85 bits per heavy atom. The Morgan fingerprint density at radius 1 is 1.25 bits per heavy atom. The SMILES string of the molecule is COc1cc(NC(=O)C2CNC2)c(C(=O)O)cc1OC. The molecule has 1 heterocycles. The molecular weight excluding hydrogens is 264 g/mol. The second kappa shape index (κ2) is 5.79. The van der Waals surface area contributed by atoms with E-state index in [1.807, 2.05) is 0 Å². The lowest BCUT2D eigenvalue weighted by Gasteiger charge is -2.26. The molecule has 0 aromatic heterocycles. The molecule has 0 spiro atoms. The van der Waals surface area contributed by atoms with Crippen molar-refractivity contribution in [2.75, 3.05) is 32.6 Å². The number of nitrogens with one attached hydrogen (secondary N) is 2. The molecule has 0 bridgehead atoms. The van der Waals surface area contributed by atoms with Crippen LogP contribution in [0.3, 0.4) is 0 Å². The maximum Gasteiger partial charge on any atom is 0.337 e. The third-order valence-electron chi connectivity index (χ3n) is 3.16. The molecule has 1 aliphatic rings. The number of aromatic carboxylic acids is 1. The first-order chi connectivity index (χ1) is 9.56. The van der Waals surface area contributed by atoms with E-state index < -0.39 is 5.97 Å². The molecule has 0 unspecified atom stereocenters. The van der Waals surface area contributed by atoms with E-state index in [9.17, 15) is 14.7 Å². The van der Waals surface area contributed by atoms with Crippen molar-refractivity contribution in [2.45, 2.75) is 0 Å². The third-order valence-corrected chi connectivity index (χ3v) is 3.16. The molecule has 7 heteroatoms. The molecular formula is C13H16N2O5. The molecule has 3 N–H and O–H groups in total. The number of hydrogen-bond acceptors (Lipinski definition) is 5. The van der Waals surface area contributed by atoms with Crippen molar-refractivity contribution in [3.63, 3.8) is 0 Å². The van der Waals surface area contributed by atoms with Crippen molar-refractivity contribution in [2.24, 2.45) is 5.92 Å². The number of methoxy groups -OCH3 is 2. The van der Waals surface area contributed by atoms with Crippen LogP contribution in [0.4, 0.5) is 5.69 Å². The number of carboxylic acid groups (broad SMARTS) is 1. The summed E-state index contributed by atoms with van der Waals surface area (Å²) in [5.41, 5.74) is 0.162. The number of hydrogen-bond donors (Lipinski definition) is 3. The van der Waals surface area contributed by atoms with E-state index in [2.05, 4.69) is 10.6 Å². The molecule has 0 atom stereocenters. The van der Waals surface area contributed by atoms with Crippen molar-refractivity contribution < 1.29 is 24.2 Å². The van der Waals surface area contributed by atoms with Gasteiger partial charge in [0.05, 0.1) is 31.4 Å². The van der Waals surface area contributed by atoms with E-state index in [-0.39, 0.29) is 23.1 Å². The van der Waals surface area contributed by atoms with Crippen LogP contribution < -0.4 is 20.1 Å². The lowest BCUT2D eigenvalue weighted by Crippen LogP contribution is -2.48. The Hall–Kier alpha value is -2.28. The van der Waals surface area contributed by atoms with Gasteiger partial charge in [-0.25, -0.2) is 4.79 Å². The van der Waals surface area contributed by atoms with Gasteiger partial charge in [-0.3, -0.25) is 4.79 Å². The van der Waals surface area contributed by atoms with Gasteiger partial charge in [-0.1, -0.05) is 0 Å². The highest BCUT2D eigenvalue weighted by atomic mass is 16.5. The van der Waals surface area contributed by atoms with Crippen LogP contribution in [0.1, 0.15) is 10.4 Å². The Balaban J connectivity index is 2.33. The molecule has 0 saturated carbocycles. The van der Waals surface area contributed by atoms with Crippen LogP contribution in [-0.2, 0) is 4.79 Å². The molecule has 1 aromatic rings. The summed E-state index contributed by atoms with van der Waals surface area (Å²) < 4.78 is 10.2. The van der Waals surface area contributed by atoms with E-state index >= 15 is 0 Å². The average Bonchev–Trinajstić information content (AvgIpc) is 2.35. The molecule has 1 aromatic carbocycles. The normalized spacial score (nSPS) is 14.3. The first kappa shape index (κ1) is 14.1. The van der Waals surface area contributed by atoms with E-state index in [1.54, 1.807) is 0 Å². The fraction of sp³-hybridized carbons (Fsp3) is 0.385. The number of amides is 1. The highest BCUT2D eigenvalue weighted by molar-refractivity contribution is 6.02. The van der Waals surface area contributed by atoms with Crippen LogP contribution in [0.15, 0.2) is 12.1 Å². The quantitative estimate of drug-likeness (QED) is 0.729. The summed E-state index contributed by atoms with van der Waals surface area (Å²) in [6, 6.07) is 2.78. The first-order valence-corrected chi connectivity index (χ1v) is 6.07. The van der Waals surface area contributed by atoms with E-state index in [0.717, 1.165) is 0 Å². The van der Waals surface area contributed by atoms with Crippen LogP contribution in [-0.4, -0.2) is 44.3 Å². The second-order valence-electron chi connectivity index (χ2n) is 4.40. The fourth-order valence-electron chi connectivity index (χ4n) is 1.87. The fourth-order valence-corrected chi connectivity index (χ4v) is 1.87. The summed E-state index contributed by atoms with van der Waals surface area (Å²) >= 11 is 0. The highest BCUT2D eigenvalue weighted by Crippen LogP contribution is 2.33. The number of benzene rings is 1. The van der Waals surface area contributed by atoms with E-state index in [4.69, 9.17) is 9.47 Å². The molecule has 0 radical (unpaired) electrons. The zero-order valence-electron chi connectivity index (χ0n) is 11.2. The number of carbonyl (C=O) groups excluding carboxylic acids is 1. The third kappa shape index (κ3) is 2.67. The van der Waals surface area contributed by atoms with Crippen molar-refractivity contribution in [3.05, 3.63) is 17.7 Å². The average molecular weight is 280 g/mol. The van der Waals surface area contributed by atoms with Crippen molar-refractivity contribution in [3.8, 4) is 11.5 Å². The Labute approximate surface area is 115 Å². The second-order valence-corrected chi connectivity index (χ2v) is 4.40. The van der Waals surface area contributed by atoms with Crippen molar-refractivity contribution >= 4 is 17.6 Å². The first-order valence-electron chi connectivity index (χ1n) is 6.07. The van der Waals surface area contributed by atoms with Crippen LogP contribution in [0, 0.1) is 5.92 Å². The summed E-state index contributed by atoms with van der Waals surface area (Å²) in [7, 11) is 2.86. The summed E-state index contributed by atoms with van der Waals surface area (Å²) in [6.45, 7) is 1.20. The number of carboxylic acids is 1. The van der Waals surface area contributed by atoms with Gasteiger partial charge in [0, 0.05) is 25.2 Å². The topological polar surface area (TPSA) is 96.9 Å². The summed E-state index contributed by atoms with van der Waals surface area (Å²) in [5, 5.41) is 14.8. The number of rotatable bonds is 5. The standard InChI is InChI=1S/C13H16N2O5/c1-19-10-3-8(13(17)18)9(4-11(10)20-2)15-12(16)7-5-14-6-7/h3-4,7,14H,5-6H2,1-2H3,(H,15,16)(H,17,18). The van der Waals surface area contributed by atoms with Gasteiger partial charge >= 0.3 is 5.97 Å². The van der Waals surface area contributed by atoms with E-state index in [0.29, 0.717) is 24.6 Å². The monoisotopic (exact) mass is 280 g/mol. The van der Waals surface area contributed by atoms with Crippen LogP contribution in [0.2, 0.25) is 0 Å². The molecule has 1 fully saturated rings. The number of carbonyl (C=O) groups is 2. The smallest absolute Gasteiger partial charge is 0.337 e. The minimum absolute atomic E-state index is 0.0386. The van der Waals surface area contributed by atoms with Gasteiger partial charge in [0.2, 0.25) is 5.91 Å². The number of ether oxygens (including phenoxy) is 2. The predicted octanol–water partition coefficient (Wildman–Crippen LogP) is 0.560. The Bertz CT molecular complexity index is 540. The van der Waals surface area contributed by atoms with Crippen molar-refractivity contribution in [1.82, 2.24) is 5.32 Å². The lowest BCUT2D eigenvalue weighted by molar-refractivity contribution is -0.121. The van der Waals surface area contributed by atoms with Gasteiger partial charge in [0.25, 0.3) is 0 Å². The molecule has 2 rings (SSSR count). The molecule has 1 amide bonds. The molecule has 7 nitrogen and oxygen atoms in total. The largest absolute Gasteiger partial charge is 0.493 e. The van der Waals surface area contributed by atoms with Crippen LogP contribution in [0.25, 0.3) is 0 Å². The van der Waals surface area contributed by atoms with Gasteiger partial charge < -0.3 is 25.2 Å². The highest BCUT2D eigenvalue weighted by Gasteiger charge is 2.26. The van der Waals surface area contributed by atoms with Gasteiger partial charge in [-0.15, -0.1) is 0 Å². The Kier molecular flexibility index (Phi) is 4.09. The minimum atomic E-state index is -1.15. The molecule has 1 saturated heterocycles. The van der Waals surface area contributed by atoms with Gasteiger partial charge in [-0.2, -0.15) is 0 Å². The predicted molar refractivity (Wildman–Crippen MR) is 71.5 cm³/mol. The van der Waals surface area contributed by atoms with E-state index in [1.165, 1.54) is 26.4 Å². The molecule has 20 heavy (non-hydrogen) atoms. The lowest BCUT2D eigenvalue weighted by atomic mass is 10.0. The van der Waals surface area contributed by atoms with Crippen LogP contribution >= 0.6 is 0 Å². The molecule has 108 valence electrons. The van der Waals surface area contributed by atoms with Crippen LogP contribution in [0.5, 0.6) is 11.5 Å². The summed E-state index contributed by atoms with van der Waals surface area (Å²) in [6.07, 6.45) is 0.